The smallest absolute Gasteiger partial charge is 0.281 e. The van der Waals surface area contributed by atoms with Gasteiger partial charge in [-0.25, -0.2) is 9.97 Å². The van der Waals surface area contributed by atoms with Gasteiger partial charge < -0.3 is 9.88 Å². The lowest BCUT2D eigenvalue weighted by Crippen LogP contribution is -2.15. The van der Waals surface area contributed by atoms with Crippen LogP contribution in [0, 0.1) is 0 Å². The van der Waals surface area contributed by atoms with Crippen molar-refractivity contribution in [3.63, 3.8) is 0 Å². The van der Waals surface area contributed by atoms with E-state index in [0.29, 0.717) is 11.5 Å². The van der Waals surface area contributed by atoms with E-state index >= 15 is 0 Å². The third-order valence-electron chi connectivity index (χ3n) is 4.72. The summed E-state index contributed by atoms with van der Waals surface area (Å²) in [5, 5.41) is 3.18. The third-order valence-corrected chi connectivity index (χ3v) is 6.48. The van der Waals surface area contributed by atoms with Crippen LogP contribution in [-0.4, -0.2) is 23.0 Å². The molecule has 1 aromatic carbocycles. The van der Waals surface area contributed by atoms with E-state index in [4.69, 9.17) is 0 Å². The summed E-state index contributed by atoms with van der Waals surface area (Å²) in [5.74, 6) is 1.24. The fourth-order valence-corrected chi connectivity index (χ4v) is 4.55. The summed E-state index contributed by atoms with van der Waals surface area (Å²) in [6, 6.07) is 11.2. The van der Waals surface area contributed by atoms with E-state index < -0.39 is 10.0 Å². The van der Waals surface area contributed by atoms with Crippen molar-refractivity contribution in [3.8, 4) is 0 Å². The van der Waals surface area contributed by atoms with Gasteiger partial charge >= 0.3 is 0 Å². The van der Waals surface area contributed by atoms with Crippen LogP contribution in [0.2, 0.25) is 0 Å². The molecule has 0 bridgehead atoms. The molecule has 0 saturated carbocycles. The standard InChI is InChI=1S/C19H20BrN5O2S/c1-13-4-2-6-17-23-18(12-25(13)17)28(26,27)24-16-5-3-11-21-19(16)22-15-9-7-14(20)8-10-15/h3,5,7-13,24H,2,4,6H2,1H3,(H,21,22). The number of aromatic nitrogens is 3. The Labute approximate surface area is 172 Å². The van der Waals surface area contributed by atoms with Crippen LogP contribution in [0.4, 0.5) is 17.2 Å². The van der Waals surface area contributed by atoms with Gasteiger partial charge in [-0.1, -0.05) is 15.9 Å². The number of nitrogens with zero attached hydrogens (tertiary/aromatic N) is 3. The molecule has 0 spiro atoms. The number of nitrogens with one attached hydrogen (secondary N) is 2. The summed E-state index contributed by atoms with van der Waals surface area (Å²) in [5.41, 5.74) is 1.16. The maximum atomic E-state index is 12.9. The molecule has 4 rings (SSSR count). The average Bonchev–Trinajstić information content (AvgIpc) is 3.12. The van der Waals surface area contributed by atoms with E-state index in [1.807, 2.05) is 28.8 Å². The number of fused-ring (bicyclic) bond motifs is 1. The summed E-state index contributed by atoms with van der Waals surface area (Å²) in [6.07, 6.45) is 6.08. The molecule has 1 unspecified atom stereocenters. The fraction of sp³-hybridized carbons (Fsp3) is 0.263. The van der Waals surface area contributed by atoms with Crippen molar-refractivity contribution >= 4 is 43.1 Å². The van der Waals surface area contributed by atoms with Gasteiger partial charge in [-0.15, -0.1) is 0 Å². The fourth-order valence-electron chi connectivity index (χ4n) is 3.25. The van der Waals surface area contributed by atoms with Crippen LogP contribution in [0.25, 0.3) is 0 Å². The molecule has 0 saturated heterocycles. The van der Waals surface area contributed by atoms with E-state index in [1.165, 1.54) is 0 Å². The van der Waals surface area contributed by atoms with Crippen molar-refractivity contribution in [1.29, 1.82) is 0 Å². The van der Waals surface area contributed by atoms with E-state index in [1.54, 1.807) is 24.5 Å². The number of imidazole rings is 1. The van der Waals surface area contributed by atoms with Crippen LogP contribution in [0.5, 0.6) is 0 Å². The highest BCUT2D eigenvalue weighted by molar-refractivity contribution is 9.10. The van der Waals surface area contributed by atoms with Gasteiger partial charge in [0.25, 0.3) is 10.0 Å². The normalized spacial score (nSPS) is 16.4. The van der Waals surface area contributed by atoms with E-state index in [2.05, 4.69) is 42.9 Å². The SMILES string of the molecule is CC1CCCc2nc(S(=O)(=O)Nc3cccnc3Nc3ccc(Br)cc3)cn21. The van der Waals surface area contributed by atoms with Crippen molar-refractivity contribution < 1.29 is 8.42 Å². The summed E-state index contributed by atoms with van der Waals surface area (Å²) < 4.78 is 31.4. The van der Waals surface area contributed by atoms with Crippen molar-refractivity contribution in [2.45, 2.75) is 37.3 Å². The monoisotopic (exact) mass is 461 g/mol. The molecule has 2 aromatic heterocycles. The minimum Gasteiger partial charge on any atom is -0.338 e. The number of hydrogen-bond donors (Lipinski definition) is 2. The molecule has 7 nitrogen and oxygen atoms in total. The number of halogens is 1. The highest BCUT2D eigenvalue weighted by Crippen LogP contribution is 2.28. The quantitative estimate of drug-likeness (QED) is 0.584. The number of benzene rings is 1. The van der Waals surface area contributed by atoms with Crippen molar-refractivity contribution in [1.82, 2.24) is 14.5 Å². The molecule has 2 N–H and O–H groups in total. The van der Waals surface area contributed by atoms with Crippen LogP contribution >= 0.6 is 15.9 Å². The van der Waals surface area contributed by atoms with Crippen LogP contribution in [0.1, 0.15) is 31.6 Å². The summed E-state index contributed by atoms with van der Waals surface area (Å²) in [6.45, 7) is 2.08. The van der Waals surface area contributed by atoms with E-state index in [0.717, 1.165) is 35.2 Å². The molecule has 28 heavy (non-hydrogen) atoms. The van der Waals surface area contributed by atoms with Gasteiger partial charge in [0.05, 0.1) is 5.69 Å². The Morgan fingerprint density at radius 3 is 2.75 bits per heavy atom. The topological polar surface area (TPSA) is 88.9 Å². The first kappa shape index (κ1) is 18.9. The van der Waals surface area contributed by atoms with E-state index in [9.17, 15) is 8.42 Å². The predicted octanol–water partition coefficient (Wildman–Crippen LogP) is 4.48. The Morgan fingerprint density at radius 2 is 2.00 bits per heavy atom. The maximum absolute atomic E-state index is 12.9. The number of hydrogen-bond acceptors (Lipinski definition) is 5. The molecular formula is C19H20BrN5O2S. The number of aryl methyl sites for hydroxylation is 1. The zero-order valence-electron chi connectivity index (χ0n) is 15.3. The van der Waals surface area contributed by atoms with Gasteiger partial charge in [0.15, 0.2) is 10.8 Å². The molecule has 1 aliphatic heterocycles. The highest BCUT2D eigenvalue weighted by atomic mass is 79.9. The Hall–Kier alpha value is -2.39. The molecule has 0 amide bonds. The molecule has 9 heteroatoms. The second-order valence-electron chi connectivity index (χ2n) is 6.78. The van der Waals surface area contributed by atoms with E-state index in [-0.39, 0.29) is 11.1 Å². The van der Waals surface area contributed by atoms with Crippen molar-refractivity contribution in [3.05, 3.63) is 59.1 Å². The minimum atomic E-state index is -3.82. The average molecular weight is 462 g/mol. The van der Waals surface area contributed by atoms with Gasteiger partial charge in [-0.3, -0.25) is 4.72 Å². The Balaban J connectivity index is 1.61. The lowest BCUT2D eigenvalue weighted by Gasteiger charge is -2.20. The molecule has 146 valence electrons. The Morgan fingerprint density at radius 1 is 1.21 bits per heavy atom. The molecule has 3 heterocycles. The molecular weight excluding hydrogens is 442 g/mol. The molecule has 0 radical (unpaired) electrons. The molecule has 0 fully saturated rings. The van der Waals surface area contributed by atoms with Gasteiger partial charge in [0.1, 0.15) is 5.82 Å². The summed E-state index contributed by atoms with van der Waals surface area (Å²) in [4.78, 5) is 8.63. The Bertz CT molecular complexity index is 1100. The van der Waals surface area contributed by atoms with Gasteiger partial charge in [-0.05, 0) is 56.2 Å². The number of sulfonamides is 1. The van der Waals surface area contributed by atoms with Crippen LogP contribution in [0.3, 0.4) is 0 Å². The van der Waals surface area contributed by atoms with Gasteiger partial charge in [0.2, 0.25) is 0 Å². The minimum absolute atomic E-state index is 0.0368. The molecule has 1 aliphatic rings. The predicted molar refractivity (Wildman–Crippen MR) is 112 cm³/mol. The second kappa shape index (κ2) is 7.56. The zero-order valence-corrected chi connectivity index (χ0v) is 17.7. The molecule has 0 aliphatic carbocycles. The first-order chi connectivity index (χ1) is 13.4. The molecule has 3 aromatic rings. The summed E-state index contributed by atoms with van der Waals surface area (Å²) in [7, 11) is -3.82. The maximum Gasteiger partial charge on any atom is 0.281 e. The first-order valence-corrected chi connectivity index (χ1v) is 11.3. The van der Waals surface area contributed by atoms with Crippen molar-refractivity contribution in [2.24, 2.45) is 0 Å². The van der Waals surface area contributed by atoms with Crippen LogP contribution < -0.4 is 10.0 Å². The Kier molecular flexibility index (Phi) is 5.11. The zero-order chi connectivity index (χ0) is 19.7. The number of rotatable bonds is 5. The van der Waals surface area contributed by atoms with Gasteiger partial charge in [-0.2, -0.15) is 8.42 Å². The third kappa shape index (κ3) is 3.90. The largest absolute Gasteiger partial charge is 0.338 e. The lowest BCUT2D eigenvalue weighted by atomic mass is 10.1. The first-order valence-electron chi connectivity index (χ1n) is 9.00. The van der Waals surface area contributed by atoms with Crippen LogP contribution in [-0.2, 0) is 16.4 Å². The molecule has 1 atom stereocenters. The number of anilines is 3. The number of pyridine rings is 1. The summed E-state index contributed by atoms with van der Waals surface area (Å²) >= 11 is 3.40. The van der Waals surface area contributed by atoms with Gasteiger partial charge in [0, 0.05) is 35.0 Å². The second-order valence-corrected chi connectivity index (χ2v) is 9.33. The highest BCUT2D eigenvalue weighted by Gasteiger charge is 2.25. The lowest BCUT2D eigenvalue weighted by molar-refractivity contribution is 0.425. The van der Waals surface area contributed by atoms with Crippen LogP contribution in [0.15, 0.2) is 58.3 Å². The van der Waals surface area contributed by atoms with Crippen molar-refractivity contribution in [2.75, 3.05) is 10.0 Å².